The van der Waals surface area contributed by atoms with Crippen LogP contribution >= 0.6 is 0 Å². The minimum Gasteiger partial charge on any atom is -0.463 e. The van der Waals surface area contributed by atoms with Gasteiger partial charge in [-0.15, -0.1) is 0 Å². The second-order valence-electron chi connectivity index (χ2n) is 14.4. The standard InChI is InChI=1S/C34H55N3O6/c1-4-22-12-13-28(36-5-2)24(16-22)20-42-32(41)34-31(40)27-9-7-6-8-26(27)30(39)33(34,43-34)18-25(19-38)21(3)10-11-23-14-15-37-29(35)17-23/h22-24,26-29,36-38H,4-20,35H2,1-3H3/p+2. The number of quaternary nitrogens is 2. The SMILES string of the molecule is CC[NH2+]C1CCC(CC)CC1COC(=O)C12OC1(CC(CO)=C(C)CCC1CC[NH2+]C(N)C1)C(=O)C1CCCCC1C2=O. The van der Waals surface area contributed by atoms with Crippen LogP contribution < -0.4 is 16.4 Å². The Balaban J connectivity index is 1.36. The van der Waals surface area contributed by atoms with Gasteiger partial charge in [-0.3, -0.25) is 15.3 Å². The lowest BCUT2D eigenvalue weighted by Crippen LogP contribution is -2.94. The van der Waals surface area contributed by atoms with Crippen LogP contribution in [0.25, 0.3) is 0 Å². The van der Waals surface area contributed by atoms with Crippen molar-refractivity contribution in [1.29, 1.82) is 0 Å². The maximum Gasteiger partial charge on any atom is 0.350 e. The zero-order chi connectivity index (χ0) is 30.8. The average Bonchev–Trinajstić information content (AvgIpc) is 3.72. The molecule has 0 amide bonds. The summed E-state index contributed by atoms with van der Waals surface area (Å²) in [6.45, 7) is 8.37. The maximum absolute atomic E-state index is 14.2. The first-order valence-corrected chi connectivity index (χ1v) is 17.4. The molecule has 0 aromatic rings. The normalized spacial score (nSPS) is 39.9. The number of rotatable bonds is 12. The van der Waals surface area contributed by atoms with E-state index in [1.54, 1.807) is 0 Å². The number of nitrogens with two attached hydrogens (primary N) is 3. The summed E-state index contributed by atoms with van der Waals surface area (Å²) < 4.78 is 12.3. The summed E-state index contributed by atoms with van der Waals surface area (Å²) in [5.74, 6) is -0.644. The third-order valence-electron chi connectivity index (χ3n) is 11.9. The van der Waals surface area contributed by atoms with Gasteiger partial charge in [0.25, 0.3) is 5.60 Å². The van der Waals surface area contributed by atoms with E-state index in [4.69, 9.17) is 15.2 Å². The van der Waals surface area contributed by atoms with E-state index >= 15 is 0 Å². The molecular formula is C34H57N3O6+2. The molecule has 3 saturated carbocycles. The Labute approximate surface area is 257 Å². The number of hydrogen-bond acceptors (Lipinski definition) is 7. The Morgan fingerprint density at radius 2 is 1.81 bits per heavy atom. The van der Waals surface area contributed by atoms with Gasteiger partial charge in [0.2, 0.25) is 0 Å². The lowest BCUT2D eigenvalue weighted by molar-refractivity contribution is -0.699. The minimum absolute atomic E-state index is 0.0732. The van der Waals surface area contributed by atoms with E-state index in [1.165, 1.54) is 6.42 Å². The number of epoxide rings is 1. The first-order chi connectivity index (χ1) is 20.7. The Hall–Kier alpha value is -1.65. The van der Waals surface area contributed by atoms with Crippen molar-refractivity contribution in [2.24, 2.45) is 35.3 Å². The van der Waals surface area contributed by atoms with Crippen molar-refractivity contribution in [3.05, 3.63) is 11.1 Å². The van der Waals surface area contributed by atoms with Crippen LogP contribution in [0.5, 0.6) is 0 Å². The molecular weight excluding hydrogens is 546 g/mol. The first-order valence-electron chi connectivity index (χ1n) is 17.4. The highest BCUT2D eigenvalue weighted by Crippen LogP contribution is 2.62. The van der Waals surface area contributed by atoms with E-state index in [9.17, 15) is 19.5 Å². The molecule has 2 heterocycles. The number of ether oxygens (including phenoxy) is 2. The topological polar surface area (TPSA) is 152 Å². The molecule has 3 aliphatic carbocycles. The van der Waals surface area contributed by atoms with Gasteiger partial charge in [-0.2, -0.15) is 0 Å². The number of aliphatic hydroxyl groups excluding tert-OH is 1. The van der Waals surface area contributed by atoms with Crippen LogP contribution in [-0.2, 0) is 23.9 Å². The summed E-state index contributed by atoms with van der Waals surface area (Å²) in [5, 5.41) is 15.0. The molecule has 9 heteroatoms. The fraction of sp³-hybridized carbons (Fsp3) is 0.853. The highest BCUT2D eigenvalue weighted by molar-refractivity contribution is 6.23. The molecule has 5 fully saturated rings. The zero-order valence-corrected chi connectivity index (χ0v) is 26.8. The van der Waals surface area contributed by atoms with E-state index in [2.05, 4.69) is 24.5 Å². The van der Waals surface area contributed by atoms with Crippen LogP contribution in [0.1, 0.15) is 104 Å². The van der Waals surface area contributed by atoms with Crippen LogP contribution in [0.4, 0.5) is 0 Å². The molecule has 5 aliphatic rings. The van der Waals surface area contributed by atoms with E-state index < -0.39 is 29.0 Å². The minimum atomic E-state index is -1.88. The lowest BCUT2D eigenvalue weighted by Gasteiger charge is -2.37. The quantitative estimate of drug-likeness (QED) is 0.114. The molecule has 2 saturated heterocycles. The van der Waals surface area contributed by atoms with Crippen molar-refractivity contribution < 1.29 is 39.6 Å². The third kappa shape index (κ3) is 6.26. The number of Topliss-reactive ketones (excluding diaryl/α,β-unsaturated/α-hetero) is 2. The highest BCUT2D eigenvalue weighted by Gasteiger charge is 2.87. The molecule has 0 aromatic heterocycles. The molecule has 9 unspecified atom stereocenters. The maximum atomic E-state index is 14.2. The number of esters is 1. The highest BCUT2D eigenvalue weighted by atomic mass is 16.7. The van der Waals surface area contributed by atoms with Gasteiger partial charge in [0.05, 0.1) is 32.3 Å². The number of ketones is 2. The smallest absolute Gasteiger partial charge is 0.350 e. The Morgan fingerprint density at radius 3 is 2.49 bits per heavy atom. The summed E-state index contributed by atoms with van der Waals surface area (Å²) in [6.07, 6.45) is 11.5. The van der Waals surface area contributed by atoms with Crippen molar-refractivity contribution in [2.45, 2.75) is 128 Å². The average molecular weight is 604 g/mol. The monoisotopic (exact) mass is 603 g/mol. The van der Waals surface area contributed by atoms with Crippen molar-refractivity contribution in [3.8, 4) is 0 Å². The molecule has 242 valence electrons. The summed E-state index contributed by atoms with van der Waals surface area (Å²) in [7, 11) is 0. The van der Waals surface area contributed by atoms with E-state index in [1.807, 2.05) is 6.92 Å². The molecule has 9 nitrogen and oxygen atoms in total. The van der Waals surface area contributed by atoms with Gasteiger partial charge in [0.15, 0.2) is 17.2 Å². The molecule has 0 bridgehead atoms. The predicted molar refractivity (Wildman–Crippen MR) is 161 cm³/mol. The molecule has 0 aromatic carbocycles. The summed E-state index contributed by atoms with van der Waals surface area (Å²) in [5.41, 5.74) is 4.43. The van der Waals surface area contributed by atoms with Gasteiger partial charge < -0.3 is 25.2 Å². The van der Waals surface area contributed by atoms with Gasteiger partial charge in [-0.25, -0.2) is 4.79 Å². The van der Waals surface area contributed by atoms with Crippen LogP contribution in [-0.4, -0.2) is 72.4 Å². The number of piperidine rings is 1. The number of aliphatic hydroxyl groups is 1. The van der Waals surface area contributed by atoms with Gasteiger partial charge in [-0.05, 0) is 82.6 Å². The molecule has 9 atom stereocenters. The third-order valence-corrected chi connectivity index (χ3v) is 11.9. The molecule has 5 rings (SSSR count). The summed E-state index contributed by atoms with van der Waals surface area (Å²) in [4.78, 5) is 42.4. The van der Waals surface area contributed by atoms with E-state index in [0.29, 0.717) is 36.3 Å². The van der Waals surface area contributed by atoms with Crippen molar-refractivity contribution in [1.82, 2.24) is 0 Å². The second kappa shape index (κ2) is 13.8. The van der Waals surface area contributed by atoms with Crippen molar-refractivity contribution in [3.63, 3.8) is 0 Å². The Bertz CT molecular complexity index is 1080. The van der Waals surface area contributed by atoms with E-state index in [-0.39, 0.29) is 43.3 Å². The van der Waals surface area contributed by atoms with Crippen molar-refractivity contribution >= 4 is 17.5 Å². The molecule has 0 radical (unpaired) electrons. The van der Waals surface area contributed by atoms with Crippen LogP contribution in [0.3, 0.4) is 0 Å². The fourth-order valence-electron chi connectivity index (χ4n) is 9.07. The Morgan fingerprint density at radius 1 is 1.07 bits per heavy atom. The van der Waals surface area contributed by atoms with Gasteiger partial charge in [0.1, 0.15) is 6.17 Å². The van der Waals surface area contributed by atoms with E-state index in [0.717, 1.165) is 76.5 Å². The molecule has 7 N–H and O–H groups in total. The zero-order valence-electron chi connectivity index (χ0n) is 26.8. The number of fused-ring (bicyclic) bond motifs is 2. The predicted octanol–water partition coefficient (Wildman–Crippen LogP) is 1.51. The van der Waals surface area contributed by atoms with Gasteiger partial charge >= 0.3 is 5.97 Å². The first kappa shape index (κ1) is 32.7. The molecule has 43 heavy (non-hydrogen) atoms. The number of allylic oxidation sites excluding steroid dienone is 1. The second-order valence-corrected chi connectivity index (χ2v) is 14.4. The molecule has 0 spiro atoms. The van der Waals surface area contributed by atoms with Gasteiger partial charge in [-0.1, -0.05) is 31.8 Å². The van der Waals surface area contributed by atoms with Crippen molar-refractivity contribution in [2.75, 3.05) is 26.3 Å². The van der Waals surface area contributed by atoms with Crippen LogP contribution in [0, 0.1) is 29.6 Å². The van der Waals surface area contributed by atoms with Crippen LogP contribution in [0.15, 0.2) is 11.1 Å². The largest absolute Gasteiger partial charge is 0.463 e. The summed E-state index contributed by atoms with van der Waals surface area (Å²) >= 11 is 0. The lowest BCUT2D eigenvalue weighted by atomic mass is 9.60. The number of carbonyl (C=O) groups excluding carboxylic acids is 3. The fourth-order valence-corrected chi connectivity index (χ4v) is 9.07. The summed E-state index contributed by atoms with van der Waals surface area (Å²) in [6, 6.07) is 0.387. The number of hydrogen-bond donors (Lipinski definition) is 4. The van der Waals surface area contributed by atoms with Gasteiger partial charge in [0, 0.05) is 30.6 Å². The van der Waals surface area contributed by atoms with Crippen LogP contribution in [0.2, 0.25) is 0 Å². The Kier molecular flexibility index (Phi) is 10.5. The number of carbonyl (C=O) groups is 3. The molecule has 2 aliphatic heterocycles.